The number of nitrogen functional groups attached to an aromatic ring is 1. The van der Waals surface area contributed by atoms with E-state index in [4.69, 9.17) is 10.5 Å². The van der Waals surface area contributed by atoms with Crippen LogP contribution in [0.25, 0.3) is 0 Å². The molecule has 0 spiro atoms. The van der Waals surface area contributed by atoms with E-state index >= 15 is 0 Å². The van der Waals surface area contributed by atoms with Gasteiger partial charge in [-0.1, -0.05) is 12.1 Å². The smallest absolute Gasteiger partial charge is 0.265 e. The first-order chi connectivity index (χ1) is 9.83. The van der Waals surface area contributed by atoms with Crippen molar-refractivity contribution >= 4 is 21.4 Å². The third-order valence-electron chi connectivity index (χ3n) is 3.11. The molecule has 112 valence electrons. The molecule has 0 aliphatic rings. The van der Waals surface area contributed by atoms with Crippen molar-refractivity contribution in [3.63, 3.8) is 0 Å². The molecule has 0 fully saturated rings. The molecule has 0 aliphatic carbocycles. The van der Waals surface area contributed by atoms with E-state index in [2.05, 4.69) is 4.72 Å². The number of hydrogen-bond acceptors (Lipinski definition) is 4. The summed E-state index contributed by atoms with van der Waals surface area (Å²) in [5.74, 6) is 0.252. The van der Waals surface area contributed by atoms with E-state index in [0.717, 1.165) is 11.1 Å². The first-order valence-electron chi connectivity index (χ1n) is 6.37. The predicted molar refractivity (Wildman–Crippen MR) is 84.1 cm³/mol. The number of anilines is 2. The van der Waals surface area contributed by atoms with Gasteiger partial charge in [0.1, 0.15) is 10.6 Å². The molecule has 5 nitrogen and oxygen atoms in total. The van der Waals surface area contributed by atoms with Crippen LogP contribution in [0.5, 0.6) is 5.75 Å². The van der Waals surface area contributed by atoms with Crippen molar-refractivity contribution in [1.29, 1.82) is 0 Å². The lowest BCUT2D eigenvalue weighted by molar-refractivity contribution is 0.403. The maximum absolute atomic E-state index is 12.6. The van der Waals surface area contributed by atoms with Crippen molar-refractivity contribution in [3.8, 4) is 5.75 Å². The molecule has 0 aromatic heterocycles. The van der Waals surface area contributed by atoms with Crippen LogP contribution in [-0.4, -0.2) is 15.5 Å². The third-order valence-corrected chi connectivity index (χ3v) is 4.50. The fourth-order valence-electron chi connectivity index (χ4n) is 1.95. The SMILES string of the molecule is COc1ccc(N)cc1S(=O)(=O)Nc1cc(C)ccc1C. The molecule has 2 aromatic rings. The van der Waals surface area contributed by atoms with Gasteiger partial charge in [-0.3, -0.25) is 4.72 Å². The average molecular weight is 306 g/mol. The van der Waals surface area contributed by atoms with Gasteiger partial charge in [0.05, 0.1) is 12.8 Å². The molecule has 2 rings (SSSR count). The third kappa shape index (κ3) is 3.28. The van der Waals surface area contributed by atoms with E-state index in [0.29, 0.717) is 11.4 Å². The molecule has 0 radical (unpaired) electrons. The van der Waals surface area contributed by atoms with Gasteiger partial charge < -0.3 is 10.5 Å². The van der Waals surface area contributed by atoms with E-state index in [1.165, 1.54) is 19.2 Å². The highest BCUT2D eigenvalue weighted by Gasteiger charge is 2.20. The van der Waals surface area contributed by atoms with Crippen LogP contribution in [0.15, 0.2) is 41.3 Å². The molecule has 0 unspecified atom stereocenters. The second-order valence-corrected chi connectivity index (χ2v) is 6.48. The highest BCUT2D eigenvalue weighted by Crippen LogP contribution is 2.28. The number of hydrogen-bond donors (Lipinski definition) is 2. The molecule has 0 saturated carbocycles. The molecule has 0 aliphatic heterocycles. The Morgan fingerprint density at radius 2 is 1.81 bits per heavy atom. The summed E-state index contributed by atoms with van der Waals surface area (Å²) in [6.45, 7) is 3.74. The lowest BCUT2D eigenvalue weighted by Gasteiger charge is -2.14. The van der Waals surface area contributed by atoms with Gasteiger partial charge >= 0.3 is 0 Å². The zero-order valence-corrected chi connectivity index (χ0v) is 13.0. The van der Waals surface area contributed by atoms with Crippen molar-refractivity contribution in [1.82, 2.24) is 0 Å². The molecule has 0 atom stereocenters. The largest absolute Gasteiger partial charge is 0.495 e. The number of ether oxygens (including phenoxy) is 1. The Hall–Kier alpha value is -2.21. The predicted octanol–water partition coefficient (Wildman–Crippen LogP) is 2.70. The fraction of sp³-hybridized carbons (Fsp3) is 0.200. The van der Waals surface area contributed by atoms with Gasteiger partial charge in [-0.25, -0.2) is 8.42 Å². The second-order valence-electron chi connectivity index (χ2n) is 4.83. The molecule has 0 bridgehead atoms. The second kappa shape index (κ2) is 5.65. The lowest BCUT2D eigenvalue weighted by Crippen LogP contribution is -2.15. The van der Waals surface area contributed by atoms with Crippen molar-refractivity contribution in [2.45, 2.75) is 18.7 Å². The fourth-order valence-corrected chi connectivity index (χ4v) is 3.28. The van der Waals surface area contributed by atoms with Crippen molar-refractivity contribution in [2.75, 3.05) is 17.6 Å². The Kier molecular flexibility index (Phi) is 4.09. The zero-order chi connectivity index (χ0) is 15.6. The van der Waals surface area contributed by atoms with Gasteiger partial charge in [-0.15, -0.1) is 0 Å². The van der Waals surface area contributed by atoms with Crippen molar-refractivity contribution in [2.24, 2.45) is 0 Å². The monoisotopic (exact) mass is 306 g/mol. The van der Waals surface area contributed by atoms with Crippen molar-refractivity contribution in [3.05, 3.63) is 47.5 Å². The number of nitrogens with two attached hydrogens (primary N) is 1. The van der Waals surface area contributed by atoms with Gasteiger partial charge in [0.25, 0.3) is 10.0 Å². The normalized spacial score (nSPS) is 11.2. The summed E-state index contributed by atoms with van der Waals surface area (Å²) in [6.07, 6.45) is 0. The summed E-state index contributed by atoms with van der Waals surface area (Å²) in [4.78, 5) is 0.0194. The average Bonchev–Trinajstić information content (AvgIpc) is 2.42. The Bertz CT molecular complexity index is 770. The Labute approximate surface area is 124 Å². The number of nitrogens with one attached hydrogen (secondary N) is 1. The Morgan fingerprint density at radius 3 is 2.48 bits per heavy atom. The van der Waals surface area contributed by atoms with Gasteiger partial charge in [-0.2, -0.15) is 0 Å². The quantitative estimate of drug-likeness (QED) is 0.851. The maximum Gasteiger partial charge on any atom is 0.265 e. The van der Waals surface area contributed by atoms with Crippen LogP contribution in [0, 0.1) is 13.8 Å². The molecule has 0 amide bonds. The topological polar surface area (TPSA) is 81.4 Å². The van der Waals surface area contributed by atoms with Crippen LogP contribution in [0.2, 0.25) is 0 Å². The van der Waals surface area contributed by atoms with Gasteiger partial charge in [0.15, 0.2) is 0 Å². The first kappa shape index (κ1) is 15.2. The zero-order valence-electron chi connectivity index (χ0n) is 12.2. The minimum Gasteiger partial charge on any atom is -0.495 e. The number of benzene rings is 2. The molecule has 6 heteroatoms. The number of rotatable bonds is 4. The number of methoxy groups -OCH3 is 1. The molecular formula is C15H18N2O3S. The van der Waals surface area contributed by atoms with E-state index in [1.807, 2.05) is 26.0 Å². The van der Waals surface area contributed by atoms with Crippen molar-refractivity contribution < 1.29 is 13.2 Å². The van der Waals surface area contributed by atoms with Gasteiger partial charge in [0, 0.05) is 5.69 Å². The molecule has 0 saturated heterocycles. The van der Waals surface area contributed by atoms with Crippen LogP contribution in [0.3, 0.4) is 0 Å². The first-order valence-corrected chi connectivity index (χ1v) is 7.85. The Balaban J connectivity index is 2.48. The van der Waals surface area contributed by atoms with Crippen LogP contribution in [0.4, 0.5) is 11.4 Å². The Morgan fingerprint density at radius 1 is 1.10 bits per heavy atom. The summed E-state index contributed by atoms with van der Waals surface area (Å²) in [6, 6.07) is 10.1. The summed E-state index contributed by atoms with van der Waals surface area (Å²) in [5.41, 5.74) is 8.39. The number of aryl methyl sites for hydroxylation is 2. The highest BCUT2D eigenvalue weighted by molar-refractivity contribution is 7.92. The minimum atomic E-state index is -3.77. The summed E-state index contributed by atoms with van der Waals surface area (Å²) in [7, 11) is -2.35. The lowest BCUT2D eigenvalue weighted by atomic mass is 10.1. The van der Waals surface area contributed by atoms with E-state index in [1.54, 1.807) is 12.1 Å². The highest BCUT2D eigenvalue weighted by atomic mass is 32.2. The van der Waals surface area contributed by atoms with Crippen LogP contribution in [0.1, 0.15) is 11.1 Å². The molecule has 0 heterocycles. The molecular weight excluding hydrogens is 288 g/mol. The van der Waals surface area contributed by atoms with Gasteiger partial charge in [-0.05, 0) is 49.2 Å². The number of sulfonamides is 1. The standard InChI is InChI=1S/C15H18N2O3S/c1-10-4-5-11(2)13(8-10)17-21(18,19)15-9-12(16)6-7-14(15)20-3/h4-9,17H,16H2,1-3H3. The summed E-state index contributed by atoms with van der Waals surface area (Å²) < 4.78 is 32.8. The van der Waals surface area contributed by atoms with Crippen LogP contribution < -0.4 is 15.2 Å². The molecule has 21 heavy (non-hydrogen) atoms. The van der Waals surface area contributed by atoms with E-state index in [-0.39, 0.29) is 10.6 Å². The summed E-state index contributed by atoms with van der Waals surface area (Å²) >= 11 is 0. The maximum atomic E-state index is 12.6. The molecule has 2 aromatic carbocycles. The van der Waals surface area contributed by atoms with Crippen LogP contribution >= 0.6 is 0 Å². The van der Waals surface area contributed by atoms with E-state index < -0.39 is 10.0 Å². The van der Waals surface area contributed by atoms with E-state index in [9.17, 15) is 8.42 Å². The molecule has 3 N–H and O–H groups in total. The van der Waals surface area contributed by atoms with Crippen LogP contribution in [-0.2, 0) is 10.0 Å². The summed E-state index contributed by atoms with van der Waals surface area (Å²) in [5, 5.41) is 0. The minimum absolute atomic E-state index is 0.0194. The van der Waals surface area contributed by atoms with Gasteiger partial charge in [0.2, 0.25) is 0 Å².